The molecule has 0 bridgehead atoms. The SMILES string of the molecule is CC(=O)NC1Cc2ccc(S(=O)(=O)F)cc2C1. The Hall–Kier alpha value is -1.43. The maximum absolute atomic E-state index is 12.8. The van der Waals surface area contributed by atoms with E-state index in [4.69, 9.17) is 0 Å². The van der Waals surface area contributed by atoms with Crippen LogP contribution >= 0.6 is 0 Å². The Morgan fingerprint density at radius 3 is 2.59 bits per heavy atom. The van der Waals surface area contributed by atoms with Gasteiger partial charge in [0.05, 0.1) is 4.90 Å². The third kappa shape index (κ3) is 2.63. The van der Waals surface area contributed by atoms with Crippen LogP contribution in [0.15, 0.2) is 23.1 Å². The number of amides is 1. The summed E-state index contributed by atoms with van der Waals surface area (Å²) in [6.45, 7) is 1.43. The van der Waals surface area contributed by atoms with E-state index in [0.29, 0.717) is 12.8 Å². The molecule has 0 spiro atoms. The summed E-state index contributed by atoms with van der Waals surface area (Å²) >= 11 is 0. The summed E-state index contributed by atoms with van der Waals surface area (Å²) in [5, 5.41) is 2.76. The van der Waals surface area contributed by atoms with E-state index in [1.165, 1.54) is 19.1 Å². The minimum absolute atomic E-state index is 0.0277. The first-order valence-corrected chi connectivity index (χ1v) is 6.58. The second kappa shape index (κ2) is 4.10. The van der Waals surface area contributed by atoms with E-state index in [1.807, 2.05) is 0 Å². The highest BCUT2D eigenvalue weighted by atomic mass is 32.3. The quantitative estimate of drug-likeness (QED) is 0.802. The van der Waals surface area contributed by atoms with Gasteiger partial charge in [0.15, 0.2) is 0 Å². The molecule has 1 aliphatic rings. The fourth-order valence-electron chi connectivity index (χ4n) is 2.14. The van der Waals surface area contributed by atoms with Crippen LogP contribution in [0.5, 0.6) is 0 Å². The molecule has 0 saturated carbocycles. The summed E-state index contributed by atoms with van der Waals surface area (Å²) in [6, 6.07) is 4.17. The molecule has 1 aromatic rings. The van der Waals surface area contributed by atoms with Crippen LogP contribution in [0.2, 0.25) is 0 Å². The first-order chi connectivity index (χ1) is 7.86. The Labute approximate surface area is 99.0 Å². The van der Waals surface area contributed by atoms with Crippen LogP contribution in [-0.2, 0) is 27.9 Å². The van der Waals surface area contributed by atoms with E-state index in [9.17, 15) is 17.1 Å². The van der Waals surface area contributed by atoms with Gasteiger partial charge in [-0.25, -0.2) is 0 Å². The van der Waals surface area contributed by atoms with Gasteiger partial charge in [-0.15, -0.1) is 3.89 Å². The molecule has 17 heavy (non-hydrogen) atoms. The summed E-state index contributed by atoms with van der Waals surface area (Å²) in [6.07, 6.45) is 1.19. The van der Waals surface area contributed by atoms with E-state index in [-0.39, 0.29) is 16.8 Å². The molecule has 6 heteroatoms. The molecule has 2 rings (SSSR count). The fraction of sp³-hybridized carbons (Fsp3) is 0.364. The number of fused-ring (bicyclic) bond motifs is 1. The van der Waals surface area contributed by atoms with E-state index in [0.717, 1.165) is 11.1 Å². The highest BCUT2D eigenvalue weighted by Gasteiger charge is 2.24. The van der Waals surface area contributed by atoms with Gasteiger partial charge in [0, 0.05) is 13.0 Å². The van der Waals surface area contributed by atoms with Crippen molar-refractivity contribution < 1.29 is 17.1 Å². The minimum Gasteiger partial charge on any atom is -0.353 e. The molecule has 0 radical (unpaired) electrons. The molecule has 0 aliphatic heterocycles. The van der Waals surface area contributed by atoms with Crippen LogP contribution in [0, 0.1) is 0 Å². The number of hydrogen-bond donors (Lipinski definition) is 1. The van der Waals surface area contributed by atoms with Gasteiger partial charge in [-0.05, 0) is 36.1 Å². The van der Waals surface area contributed by atoms with Crippen molar-refractivity contribution in [3.8, 4) is 0 Å². The Bertz CT molecular complexity index is 568. The lowest BCUT2D eigenvalue weighted by Crippen LogP contribution is -2.33. The van der Waals surface area contributed by atoms with E-state index < -0.39 is 10.2 Å². The molecule has 1 aliphatic carbocycles. The topological polar surface area (TPSA) is 63.2 Å². The molecular weight excluding hydrogens is 245 g/mol. The van der Waals surface area contributed by atoms with Crippen LogP contribution in [0.4, 0.5) is 3.89 Å². The molecule has 1 aromatic carbocycles. The molecule has 0 fully saturated rings. The van der Waals surface area contributed by atoms with Crippen LogP contribution in [-0.4, -0.2) is 20.4 Å². The molecule has 0 heterocycles. The predicted octanol–water partition coefficient (Wildman–Crippen LogP) is 0.948. The van der Waals surface area contributed by atoms with E-state index in [1.54, 1.807) is 6.07 Å². The molecule has 0 aromatic heterocycles. The smallest absolute Gasteiger partial charge is 0.332 e. The lowest BCUT2D eigenvalue weighted by molar-refractivity contribution is -0.119. The van der Waals surface area contributed by atoms with Crippen molar-refractivity contribution in [2.45, 2.75) is 30.7 Å². The molecule has 0 saturated heterocycles. The Balaban J connectivity index is 2.25. The van der Waals surface area contributed by atoms with E-state index >= 15 is 0 Å². The van der Waals surface area contributed by atoms with Crippen molar-refractivity contribution in [1.82, 2.24) is 5.32 Å². The standard InChI is InChI=1S/C11H12FNO3S/c1-7(14)13-10-4-8-2-3-11(17(12,15)16)6-9(8)5-10/h2-3,6,10H,4-5H2,1H3,(H,13,14). The van der Waals surface area contributed by atoms with Crippen LogP contribution in [0.1, 0.15) is 18.1 Å². The van der Waals surface area contributed by atoms with Crippen molar-refractivity contribution in [1.29, 1.82) is 0 Å². The van der Waals surface area contributed by atoms with Crippen molar-refractivity contribution in [2.24, 2.45) is 0 Å². The summed E-state index contributed by atoms with van der Waals surface area (Å²) in [7, 11) is -4.65. The zero-order valence-corrected chi connectivity index (χ0v) is 10.1. The molecular formula is C11H12FNO3S. The third-order valence-electron chi connectivity index (χ3n) is 2.80. The number of hydrogen-bond acceptors (Lipinski definition) is 3. The van der Waals surface area contributed by atoms with E-state index in [2.05, 4.69) is 5.32 Å². The molecule has 1 N–H and O–H groups in total. The van der Waals surface area contributed by atoms with Crippen LogP contribution in [0.3, 0.4) is 0 Å². The average molecular weight is 257 g/mol. The van der Waals surface area contributed by atoms with Crippen molar-refractivity contribution >= 4 is 16.1 Å². The Kier molecular flexibility index (Phi) is 2.91. The maximum atomic E-state index is 12.8. The van der Waals surface area contributed by atoms with Crippen molar-refractivity contribution in [3.63, 3.8) is 0 Å². The number of carbonyl (C=O) groups is 1. The monoisotopic (exact) mass is 257 g/mol. The van der Waals surface area contributed by atoms with Gasteiger partial charge in [0.25, 0.3) is 0 Å². The summed E-state index contributed by atoms with van der Waals surface area (Å²) in [5.41, 5.74) is 1.73. The predicted molar refractivity (Wildman–Crippen MR) is 59.7 cm³/mol. The van der Waals surface area contributed by atoms with Crippen molar-refractivity contribution in [2.75, 3.05) is 0 Å². The van der Waals surface area contributed by atoms with Gasteiger partial charge in [0.2, 0.25) is 5.91 Å². The molecule has 4 nitrogen and oxygen atoms in total. The van der Waals surface area contributed by atoms with Gasteiger partial charge in [0.1, 0.15) is 0 Å². The van der Waals surface area contributed by atoms with Crippen LogP contribution in [0.25, 0.3) is 0 Å². The number of benzene rings is 1. The average Bonchev–Trinajstić information content (AvgIpc) is 2.55. The van der Waals surface area contributed by atoms with Crippen LogP contribution < -0.4 is 5.32 Å². The lowest BCUT2D eigenvalue weighted by atomic mass is 10.1. The largest absolute Gasteiger partial charge is 0.353 e. The number of halogens is 1. The summed E-state index contributed by atoms with van der Waals surface area (Å²) in [5.74, 6) is -0.124. The van der Waals surface area contributed by atoms with Gasteiger partial charge >= 0.3 is 10.2 Å². The van der Waals surface area contributed by atoms with Crippen molar-refractivity contribution in [3.05, 3.63) is 29.3 Å². The highest BCUT2D eigenvalue weighted by molar-refractivity contribution is 7.86. The van der Waals surface area contributed by atoms with Gasteiger partial charge in [-0.2, -0.15) is 8.42 Å². The highest BCUT2D eigenvalue weighted by Crippen LogP contribution is 2.25. The van der Waals surface area contributed by atoms with Gasteiger partial charge < -0.3 is 5.32 Å². The first-order valence-electron chi connectivity index (χ1n) is 5.20. The zero-order chi connectivity index (χ0) is 12.6. The molecule has 1 atom stereocenters. The Morgan fingerprint density at radius 2 is 2.00 bits per heavy atom. The second-order valence-corrected chi connectivity index (χ2v) is 5.52. The lowest BCUT2D eigenvalue weighted by Gasteiger charge is -2.08. The normalized spacial score (nSPS) is 18.8. The fourth-order valence-corrected chi connectivity index (χ4v) is 2.65. The number of nitrogens with one attached hydrogen (secondary N) is 1. The first kappa shape index (κ1) is 12.0. The second-order valence-electron chi connectivity index (χ2n) is 4.17. The molecule has 92 valence electrons. The summed E-state index contributed by atoms with van der Waals surface area (Å²) < 4.78 is 34.3. The summed E-state index contributed by atoms with van der Waals surface area (Å²) in [4.78, 5) is 10.6. The molecule has 1 amide bonds. The minimum atomic E-state index is -4.65. The van der Waals surface area contributed by atoms with Gasteiger partial charge in [-0.3, -0.25) is 4.79 Å². The molecule has 1 unspecified atom stereocenters. The number of carbonyl (C=O) groups excluding carboxylic acids is 1. The third-order valence-corrected chi connectivity index (χ3v) is 3.62. The zero-order valence-electron chi connectivity index (χ0n) is 9.23. The number of rotatable bonds is 2. The maximum Gasteiger partial charge on any atom is 0.332 e. The van der Waals surface area contributed by atoms with Gasteiger partial charge in [-0.1, -0.05) is 6.07 Å². The Morgan fingerprint density at radius 1 is 1.35 bits per heavy atom.